The Kier molecular flexibility index (Phi) is 4.41. The number of nitrogens with one attached hydrogen (secondary N) is 1. The van der Waals surface area contributed by atoms with Crippen molar-refractivity contribution in [1.29, 1.82) is 0 Å². The van der Waals surface area contributed by atoms with E-state index in [9.17, 15) is 26.3 Å². The molecule has 0 spiro atoms. The van der Waals surface area contributed by atoms with Crippen LogP contribution in [0.25, 0.3) is 0 Å². The predicted octanol–water partition coefficient (Wildman–Crippen LogP) is 4.25. The maximum absolute atomic E-state index is 13.4. The van der Waals surface area contributed by atoms with E-state index in [1.54, 1.807) is 0 Å². The fourth-order valence-electron chi connectivity index (χ4n) is 1.60. The summed E-state index contributed by atoms with van der Waals surface area (Å²) in [5, 5.41) is 1.38. The highest BCUT2D eigenvalue weighted by molar-refractivity contribution is 6.31. The van der Waals surface area contributed by atoms with Crippen molar-refractivity contribution >= 4 is 11.6 Å². The maximum atomic E-state index is 13.4. The van der Waals surface area contributed by atoms with Crippen LogP contribution in [0.2, 0.25) is 5.02 Å². The van der Waals surface area contributed by atoms with Crippen molar-refractivity contribution in [2.75, 3.05) is 7.05 Å². The van der Waals surface area contributed by atoms with Gasteiger partial charge in [0, 0.05) is 5.02 Å². The molecular weight excluding hydrogens is 296 g/mol. The first kappa shape index (κ1) is 16.1. The van der Waals surface area contributed by atoms with Crippen LogP contribution in [0, 0.1) is 12.7 Å². The first-order valence-corrected chi connectivity index (χ1v) is 5.47. The molecule has 108 valence electrons. The van der Waals surface area contributed by atoms with E-state index < -0.39 is 34.5 Å². The summed E-state index contributed by atoms with van der Waals surface area (Å²) in [6.45, 7) is 1.24. The summed E-state index contributed by atoms with van der Waals surface area (Å²) in [6.07, 6.45) is -5.74. The molecule has 0 aliphatic carbocycles. The van der Waals surface area contributed by atoms with Gasteiger partial charge < -0.3 is 5.32 Å². The third-order valence-corrected chi connectivity index (χ3v) is 2.95. The Balaban J connectivity index is 3.37. The smallest absolute Gasteiger partial charge is 0.308 e. The Labute approximate surface area is 110 Å². The SMILES string of the molecule is CNC(c1cc(C)c(F)cc1Cl)C(F)(F)C(F)(F)F. The molecule has 0 aliphatic heterocycles. The van der Waals surface area contributed by atoms with Gasteiger partial charge in [0.05, 0.1) is 0 Å². The van der Waals surface area contributed by atoms with Crippen LogP contribution < -0.4 is 5.32 Å². The second-order valence-corrected chi connectivity index (χ2v) is 4.37. The van der Waals surface area contributed by atoms with Gasteiger partial charge in [-0.25, -0.2) is 4.39 Å². The lowest BCUT2D eigenvalue weighted by Gasteiger charge is -2.29. The van der Waals surface area contributed by atoms with Crippen LogP contribution in [0.3, 0.4) is 0 Å². The normalized spacial score (nSPS) is 14.6. The van der Waals surface area contributed by atoms with E-state index in [-0.39, 0.29) is 5.56 Å². The van der Waals surface area contributed by atoms with Gasteiger partial charge in [0.2, 0.25) is 0 Å². The molecule has 1 unspecified atom stereocenters. The quantitative estimate of drug-likeness (QED) is 0.823. The van der Waals surface area contributed by atoms with E-state index in [2.05, 4.69) is 0 Å². The monoisotopic (exact) mass is 305 g/mol. The van der Waals surface area contributed by atoms with Crippen molar-refractivity contribution in [1.82, 2.24) is 5.32 Å². The minimum Gasteiger partial charge on any atom is -0.308 e. The minimum atomic E-state index is -5.74. The molecule has 0 amide bonds. The second-order valence-electron chi connectivity index (χ2n) is 3.97. The molecule has 1 rings (SSSR count). The molecule has 0 saturated heterocycles. The molecular formula is C11H10ClF6N. The highest BCUT2D eigenvalue weighted by Crippen LogP contribution is 2.46. The number of aryl methyl sites for hydroxylation is 1. The molecule has 1 atom stereocenters. The van der Waals surface area contributed by atoms with E-state index in [1.165, 1.54) is 6.92 Å². The van der Waals surface area contributed by atoms with Crippen LogP contribution in [0.5, 0.6) is 0 Å². The molecule has 19 heavy (non-hydrogen) atoms. The van der Waals surface area contributed by atoms with Crippen LogP contribution in [-0.4, -0.2) is 19.1 Å². The van der Waals surface area contributed by atoms with Gasteiger partial charge in [-0.1, -0.05) is 11.6 Å². The summed E-state index contributed by atoms with van der Waals surface area (Å²) in [7, 11) is 0.944. The van der Waals surface area contributed by atoms with Crippen molar-refractivity contribution in [2.45, 2.75) is 25.1 Å². The molecule has 0 radical (unpaired) electrons. The molecule has 1 aromatic rings. The van der Waals surface area contributed by atoms with Gasteiger partial charge in [-0.2, -0.15) is 22.0 Å². The third kappa shape index (κ3) is 2.97. The summed E-state index contributed by atoms with van der Waals surface area (Å²) in [5.41, 5.74) is -0.581. The van der Waals surface area contributed by atoms with Gasteiger partial charge in [0.15, 0.2) is 0 Å². The van der Waals surface area contributed by atoms with Crippen molar-refractivity contribution in [2.24, 2.45) is 0 Å². The fourth-order valence-corrected chi connectivity index (χ4v) is 1.86. The van der Waals surface area contributed by atoms with Gasteiger partial charge in [-0.3, -0.25) is 0 Å². The Morgan fingerprint density at radius 3 is 2.11 bits per heavy atom. The van der Waals surface area contributed by atoms with E-state index in [1.807, 2.05) is 5.32 Å². The van der Waals surface area contributed by atoms with Gasteiger partial charge >= 0.3 is 12.1 Å². The van der Waals surface area contributed by atoms with Crippen LogP contribution in [0.15, 0.2) is 12.1 Å². The number of hydrogen-bond donors (Lipinski definition) is 1. The first-order chi connectivity index (χ1) is 8.52. The third-order valence-electron chi connectivity index (χ3n) is 2.62. The summed E-state index contributed by atoms with van der Waals surface area (Å²) >= 11 is 5.55. The zero-order valence-electron chi connectivity index (χ0n) is 9.88. The lowest BCUT2D eigenvalue weighted by Crippen LogP contribution is -2.47. The molecule has 0 bridgehead atoms. The molecule has 0 fully saturated rings. The van der Waals surface area contributed by atoms with Crippen LogP contribution in [0.1, 0.15) is 17.2 Å². The topological polar surface area (TPSA) is 12.0 Å². The minimum absolute atomic E-state index is 0.0716. The van der Waals surface area contributed by atoms with Gasteiger partial charge in [-0.15, -0.1) is 0 Å². The van der Waals surface area contributed by atoms with Gasteiger partial charge in [-0.05, 0) is 37.2 Å². The standard InChI is InChI=1S/C11H10ClF6N/c1-5-3-6(7(12)4-8(5)13)9(19-2)10(14,15)11(16,17)18/h3-4,9,19H,1-2H3. The molecule has 1 aromatic carbocycles. The van der Waals surface area contributed by atoms with Crippen molar-refractivity contribution < 1.29 is 26.3 Å². The molecule has 0 heterocycles. The number of alkyl halides is 5. The zero-order valence-corrected chi connectivity index (χ0v) is 10.6. The average molecular weight is 306 g/mol. The Bertz CT molecular complexity index is 471. The van der Waals surface area contributed by atoms with E-state index in [0.717, 1.165) is 13.1 Å². The lowest BCUT2D eigenvalue weighted by molar-refractivity contribution is -0.293. The molecule has 0 aliphatic rings. The summed E-state index contributed by atoms with van der Waals surface area (Å²) in [6, 6.07) is -0.805. The van der Waals surface area contributed by atoms with Crippen molar-refractivity contribution in [3.63, 3.8) is 0 Å². The van der Waals surface area contributed by atoms with E-state index in [0.29, 0.717) is 6.07 Å². The number of rotatable bonds is 3. The maximum Gasteiger partial charge on any atom is 0.455 e. The number of benzene rings is 1. The second kappa shape index (κ2) is 5.20. The van der Waals surface area contributed by atoms with E-state index >= 15 is 0 Å². The average Bonchev–Trinajstić information content (AvgIpc) is 2.24. The highest BCUT2D eigenvalue weighted by Gasteiger charge is 2.62. The number of halogens is 7. The van der Waals surface area contributed by atoms with E-state index in [4.69, 9.17) is 11.6 Å². The van der Waals surface area contributed by atoms with Gasteiger partial charge in [0.1, 0.15) is 11.9 Å². The number of hydrogen-bond acceptors (Lipinski definition) is 1. The molecule has 0 saturated carbocycles. The van der Waals surface area contributed by atoms with Crippen molar-refractivity contribution in [3.8, 4) is 0 Å². The molecule has 0 aromatic heterocycles. The Hall–Kier alpha value is -0.950. The summed E-state index contributed by atoms with van der Waals surface area (Å²) in [5.74, 6) is -5.81. The van der Waals surface area contributed by atoms with Crippen LogP contribution >= 0.6 is 11.6 Å². The summed E-state index contributed by atoms with van der Waals surface area (Å²) < 4.78 is 76.9. The first-order valence-electron chi connectivity index (χ1n) is 5.09. The summed E-state index contributed by atoms with van der Waals surface area (Å²) in [4.78, 5) is 0. The molecule has 1 N–H and O–H groups in total. The molecule has 8 heteroatoms. The largest absolute Gasteiger partial charge is 0.455 e. The van der Waals surface area contributed by atoms with Crippen LogP contribution in [0.4, 0.5) is 26.3 Å². The molecule has 1 nitrogen and oxygen atoms in total. The van der Waals surface area contributed by atoms with Crippen molar-refractivity contribution in [3.05, 3.63) is 34.1 Å². The van der Waals surface area contributed by atoms with Gasteiger partial charge in [0.25, 0.3) is 0 Å². The Morgan fingerprint density at radius 1 is 1.16 bits per heavy atom. The lowest BCUT2D eigenvalue weighted by atomic mass is 9.98. The fraction of sp³-hybridized carbons (Fsp3) is 0.455. The highest BCUT2D eigenvalue weighted by atomic mass is 35.5. The Morgan fingerprint density at radius 2 is 1.68 bits per heavy atom. The predicted molar refractivity (Wildman–Crippen MR) is 58.9 cm³/mol. The zero-order chi connectivity index (χ0) is 15.0. The van der Waals surface area contributed by atoms with Crippen LogP contribution in [-0.2, 0) is 0 Å².